The number of hydrogen-bond acceptors (Lipinski definition) is 5. The second-order valence-electron chi connectivity index (χ2n) is 3.59. The van der Waals surface area contributed by atoms with Gasteiger partial charge in [0.05, 0.1) is 25.6 Å². The van der Waals surface area contributed by atoms with Gasteiger partial charge in [-0.05, 0) is 24.3 Å². The number of esters is 1. The van der Waals surface area contributed by atoms with Crippen LogP contribution >= 0.6 is 0 Å². The third kappa shape index (κ3) is 3.73. The summed E-state index contributed by atoms with van der Waals surface area (Å²) in [7, 11) is 0. The molecule has 86 valence electrons. The van der Waals surface area contributed by atoms with Gasteiger partial charge in [0.1, 0.15) is 0 Å². The van der Waals surface area contributed by atoms with Crippen LogP contribution < -0.4 is 0 Å². The molecule has 0 radical (unpaired) electrons. The molecule has 1 aliphatic rings. The number of carbonyl (C=O) groups is 1. The second kappa shape index (κ2) is 6.61. The third-order valence-corrected chi connectivity index (χ3v) is 2.48. The lowest BCUT2D eigenvalue weighted by atomic mass is 9.75. The fourth-order valence-corrected chi connectivity index (χ4v) is 1.59. The van der Waals surface area contributed by atoms with Crippen LogP contribution in [0.4, 0.5) is 0 Å². The predicted octanol–water partition coefficient (Wildman–Crippen LogP) is 1.20. The standard InChI is InChI=1S/C9H12N4O3/c10-13-12-1-2-16-9(15)8-3-7(4-8)5-11-6-14/h7-8H,1-5H2. The molecule has 0 unspecified atom stereocenters. The van der Waals surface area contributed by atoms with Crippen molar-refractivity contribution in [1.82, 2.24) is 0 Å². The SMILES string of the molecule is [N-]=[N+]=NCCOC(=O)C1CC(CN=C=O)C1. The fourth-order valence-electron chi connectivity index (χ4n) is 1.59. The van der Waals surface area contributed by atoms with Gasteiger partial charge in [0.15, 0.2) is 0 Å². The topological polar surface area (TPSA) is 104 Å². The summed E-state index contributed by atoms with van der Waals surface area (Å²) >= 11 is 0. The molecule has 7 heteroatoms. The number of nitrogens with zero attached hydrogens (tertiary/aromatic N) is 4. The monoisotopic (exact) mass is 224 g/mol. The summed E-state index contributed by atoms with van der Waals surface area (Å²) in [5, 5.41) is 3.25. The predicted molar refractivity (Wildman–Crippen MR) is 54.2 cm³/mol. The third-order valence-electron chi connectivity index (χ3n) is 2.48. The summed E-state index contributed by atoms with van der Waals surface area (Å²) in [6.45, 7) is 0.719. The number of aliphatic imine (C=N–C) groups is 1. The lowest BCUT2D eigenvalue weighted by Gasteiger charge is -2.31. The largest absolute Gasteiger partial charge is 0.465 e. The van der Waals surface area contributed by atoms with E-state index in [4.69, 9.17) is 10.3 Å². The maximum atomic E-state index is 11.3. The Morgan fingerprint density at radius 2 is 2.31 bits per heavy atom. The van der Waals surface area contributed by atoms with Crippen molar-refractivity contribution < 1.29 is 14.3 Å². The lowest BCUT2D eigenvalue weighted by molar-refractivity contribution is -0.152. The van der Waals surface area contributed by atoms with Gasteiger partial charge in [-0.1, -0.05) is 5.11 Å². The summed E-state index contributed by atoms with van der Waals surface area (Å²) in [5.74, 6) is -0.0754. The number of azide groups is 1. The highest BCUT2D eigenvalue weighted by Crippen LogP contribution is 2.34. The zero-order valence-electron chi connectivity index (χ0n) is 8.70. The Kier molecular flexibility index (Phi) is 5.05. The molecule has 0 spiro atoms. The van der Waals surface area contributed by atoms with E-state index in [1.54, 1.807) is 0 Å². The van der Waals surface area contributed by atoms with Crippen molar-refractivity contribution in [2.75, 3.05) is 19.7 Å². The van der Waals surface area contributed by atoms with Crippen LogP contribution in [0.1, 0.15) is 12.8 Å². The van der Waals surface area contributed by atoms with Crippen molar-refractivity contribution in [3.05, 3.63) is 10.4 Å². The molecule has 1 fully saturated rings. The number of hydrogen-bond donors (Lipinski definition) is 0. The Bertz CT molecular complexity index is 339. The van der Waals surface area contributed by atoms with Crippen molar-refractivity contribution in [1.29, 1.82) is 0 Å². The highest BCUT2D eigenvalue weighted by molar-refractivity contribution is 5.73. The van der Waals surface area contributed by atoms with Gasteiger partial charge in [0.2, 0.25) is 6.08 Å². The molecular weight excluding hydrogens is 212 g/mol. The summed E-state index contributed by atoms with van der Waals surface area (Å²) in [4.78, 5) is 27.2. The molecule has 0 N–H and O–H groups in total. The Hall–Kier alpha value is -1.84. The van der Waals surface area contributed by atoms with E-state index < -0.39 is 0 Å². The molecule has 0 bridgehead atoms. The number of rotatable bonds is 6. The van der Waals surface area contributed by atoms with E-state index in [-0.39, 0.29) is 31.0 Å². The highest BCUT2D eigenvalue weighted by atomic mass is 16.5. The molecule has 0 heterocycles. The molecule has 0 aromatic heterocycles. The highest BCUT2D eigenvalue weighted by Gasteiger charge is 2.35. The first-order valence-corrected chi connectivity index (χ1v) is 4.99. The van der Waals surface area contributed by atoms with Crippen LogP contribution in [0.25, 0.3) is 10.4 Å². The maximum absolute atomic E-state index is 11.3. The number of isocyanates is 1. The van der Waals surface area contributed by atoms with Crippen LogP contribution in [0.2, 0.25) is 0 Å². The normalized spacial score (nSPS) is 22.2. The molecule has 0 amide bonds. The van der Waals surface area contributed by atoms with Crippen molar-refractivity contribution in [3.8, 4) is 0 Å². The quantitative estimate of drug-likeness (QED) is 0.129. The average Bonchev–Trinajstić information content (AvgIpc) is 2.22. The number of ether oxygens (including phenoxy) is 1. The van der Waals surface area contributed by atoms with Gasteiger partial charge in [0.25, 0.3) is 0 Å². The molecule has 0 atom stereocenters. The lowest BCUT2D eigenvalue weighted by Crippen LogP contribution is -2.33. The van der Waals surface area contributed by atoms with Gasteiger partial charge in [-0.2, -0.15) is 0 Å². The van der Waals surface area contributed by atoms with E-state index in [9.17, 15) is 9.59 Å². The van der Waals surface area contributed by atoms with Crippen molar-refractivity contribution in [2.45, 2.75) is 12.8 Å². The van der Waals surface area contributed by atoms with Crippen LogP contribution in [-0.4, -0.2) is 31.7 Å². The van der Waals surface area contributed by atoms with Crippen LogP contribution in [0.5, 0.6) is 0 Å². The van der Waals surface area contributed by atoms with Crippen molar-refractivity contribution in [3.63, 3.8) is 0 Å². The average molecular weight is 224 g/mol. The first kappa shape index (κ1) is 12.2. The molecule has 0 aliphatic heterocycles. The smallest absolute Gasteiger partial charge is 0.308 e. The van der Waals surface area contributed by atoms with Crippen molar-refractivity contribution in [2.24, 2.45) is 21.9 Å². The molecular formula is C9H12N4O3. The second-order valence-corrected chi connectivity index (χ2v) is 3.59. The van der Waals surface area contributed by atoms with Crippen LogP contribution in [0.15, 0.2) is 10.1 Å². The maximum Gasteiger partial charge on any atom is 0.308 e. The van der Waals surface area contributed by atoms with E-state index in [1.807, 2.05) is 0 Å². The molecule has 1 aliphatic carbocycles. The summed E-state index contributed by atoms with van der Waals surface area (Å²) in [6, 6.07) is 0. The minimum atomic E-state index is -0.264. The van der Waals surface area contributed by atoms with Gasteiger partial charge < -0.3 is 4.74 Å². The Morgan fingerprint density at radius 1 is 1.56 bits per heavy atom. The molecule has 16 heavy (non-hydrogen) atoms. The zero-order chi connectivity index (χ0) is 11.8. The molecule has 7 nitrogen and oxygen atoms in total. The first-order valence-electron chi connectivity index (χ1n) is 4.99. The Balaban J connectivity index is 2.11. The molecule has 1 rings (SSSR count). The molecule has 0 aromatic rings. The summed E-state index contributed by atoms with van der Waals surface area (Å²) in [6.07, 6.45) is 2.87. The molecule has 0 aromatic carbocycles. The van der Waals surface area contributed by atoms with Gasteiger partial charge in [-0.25, -0.2) is 9.79 Å². The first-order chi connectivity index (χ1) is 7.77. The number of carbonyl (C=O) groups excluding carboxylic acids is 2. The fraction of sp³-hybridized carbons (Fsp3) is 0.778. The minimum absolute atomic E-state index is 0.0992. The van der Waals surface area contributed by atoms with Gasteiger partial charge in [-0.3, -0.25) is 4.79 Å². The van der Waals surface area contributed by atoms with E-state index in [0.717, 1.165) is 0 Å². The van der Waals surface area contributed by atoms with Crippen LogP contribution in [0.3, 0.4) is 0 Å². The Labute approximate surface area is 92.1 Å². The molecule has 1 saturated carbocycles. The van der Waals surface area contributed by atoms with Gasteiger partial charge in [-0.15, -0.1) is 0 Å². The van der Waals surface area contributed by atoms with Gasteiger partial charge in [0, 0.05) is 4.91 Å². The van der Waals surface area contributed by atoms with E-state index in [1.165, 1.54) is 6.08 Å². The van der Waals surface area contributed by atoms with Crippen LogP contribution in [0, 0.1) is 11.8 Å². The molecule has 0 saturated heterocycles. The van der Waals surface area contributed by atoms with Crippen LogP contribution in [-0.2, 0) is 14.3 Å². The minimum Gasteiger partial charge on any atom is -0.465 e. The Morgan fingerprint density at radius 3 is 2.94 bits per heavy atom. The summed E-state index contributed by atoms with van der Waals surface area (Å²) < 4.78 is 4.89. The van der Waals surface area contributed by atoms with E-state index in [2.05, 4.69) is 15.0 Å². The van der Waals surface area contributed by atoms with Gasteiger partial charge >= 0.3 is 5.97 Å². The van der Waals surface area contributed by atoms with Crippen molar-refractivity contribution >= 4 is 12.0 Å². The summed E-state index contributed by atoms with van der Waals surface area (Å²) in [5.41, 5.74) is 7.99. The van der Waals surface area contributed by atoms with E-state index >= 15 is 0 Å². The zero-order valence-corrected chi connectivity index (χ0v) is 8.70. The van der Waals surface area contributed by atoms with E-state index in [0.29, 0.717) is 19.4 Å².